The van der Waals surface area contributed by atoms with Gasteiger partial charge in [0.1, 0.15) is 0 Å². The molecule has 1 aliphatic rings. The van der Waals surface area contributed by atoms with E-state index >= 15 is 0 Å². The van der Waals surface area contributed by atoms with Gasteiger partial charge in [0.05, 0.1) is 0 Å². The molecule has 0 bridgehead atoms. The highest BCUT2D eigenvalue weighted by atomic mass is 14.8. The fraction of sp³-hybridized carbons (Fsp3) is 0.444. The first-order chi connectivity index (χ1) is 9.00. The number of nitrogens with two attached hydrogens (primary N) is 1. The first-order valence-corrected chi connectivity index (χ1v) is 7.27. The summed E-state index contributed by atoms with van der Waals surface area (Å²) in [4.78, 5) is 0. The van der Waals surface area contributed by atoms with E-state index in [1.54, 1.807) is 0 Å². The second-order valence-corrected chi connectivity index (χ2v) is 6.88. The van der Waals surface area contributed by atoms with E-state index in [0.29, 0.717) is 5.41 Å². The van der Waals surface area contributed by atoms with Crippen LogP contribution in [0.2, 0.25) is 0 Å². The summed E-state index contributed by atoms with van der Waals surface area (Å²) in [5, 5.41) is 2.62. The van der Waals surface area contributed by atoms with Crippen molar-refractivity contribution in [2.45, 2.75) is 45.1 Å². The van der Waals surface area contributed by atoms with Crippen molar-refractivity contribution in [2.75, 3.05) is 0 Å². The molecule has 1 unspecified atom stereocenters. The maximum absolute atomic E-state index is 6.82. The molecule has 0 heterocycles. The number of rotatable bonds is 1. The molecule has 100 valence electrons. The molecule has 1 nitrogen and oxygen atoms in total. The van der Waals surface area contributed by atoms with Crippen molar-refractivity contribution in [3.05, 3.63) is 48.0 Å². The molecule has 1 fully saturated rings. The summed E-state index contributed by atoms with van der Waals surface area (Å²) in [6.45, 7) is 4.69. The summed E-state index contributed by atoms with van der Waals surface area (Å²) in [5.74, 6) is 0. The van der Waals surface area contributed by atoms with Gasteiger partial charge in [-0.1, -0.05) is 62.7 Å². The van der Waals surface area contributed by atoms with Crippen LogP contribution in [0.25, 0.3) is 10.8 Å². The predicted molar refractivity (Wildman–Crippen MR) is 82.1 cm³/mol. The van der Waals surface area contributed by atoms with Crippen LogP contribution in [0.15, 0.2) is 42.5 Å². The zero-order valence-electron chi connectivity index (χ0n) is 11.9. The van der Waals surface area contributed by atoms with Gasteiger partial charge < -0.3 is 5.73 Å². The Kier molecular flexibility index (Phi) is 2.90. The number of fused-ring (bicyclic) bond motifs is 1. The average molecular weight is 253 g/mol. The van der Waals surface area contributed by atoms with Crippen LogP contribution in [-0.2, 0) is 5.54 Å². The smallest absolute Gasteiger partial charge is 0.0420 e. The van der Waals surface area contributed by atoms with E-state index < -0.39 is 0 Å². The van der Waals surface area contributed by atoms with Crippen LogP contribution in [0.1, 0.15) is 45.1 Å². The molecular weight excluding hydrogens is 230 g/mol. The van der Waals surface area contributed by atoms with E-state index in [1.807, 2.05) is 0 Å². The Labute approximate surface area is 115 Å². The maximum atomic E-state index is 6.82. The third-order valence-electron chi connectivity index (χ3n) is 4.60. The van der Waals surface area contributed by atoms with Gasteiger partial charge in [-0.05, 0) is 41.0 Å². The van der Waals surface area contributed by atoms with Gasteiger partial charge in [0.2, 0.25) is 0 Å². The number of hydrogen-bond donors (Lipinski definition) is 1. The highest BCUT2D eigenvalue weighted by molar-refractivity contribution is 5.86. The van der Waals surface area contributed by atoms with Crippen LogP contribution in [0.5, 0.6) is 0 Å². The largest absolute Gasteiger partial charge is 0.321 e. The van der Waals surface area contributed by atoms with Crippen molar-refractivity contribution in [2.24, 2.45) is 11.1 Å². The predicted octanol–water partition coefficient (Wildman–Crippen LogP) is 4.59. The highest BCUT2D eigenvalue weighted by Crippen LogP contribution is 2.46. The van der Waals surface area contributed by atoms with Gasteiger partial charge in [0.15, 0.2) is 0 Å². The lowest BCUT2D eigenvalue weighted by Gasteiger charge is -2.43. The standard InChI is InChI=1S/C18H23N/c1-17(2)11-6-12-18(19,13-17)16-10-5-8-14-7-3-4-9-15(14)16/h3-5,7-10H,6,11-13,19H2,1-2H3. The Hall–Kier alpha value is -1.34. The minimum Gasteiger partial charge on any atom is -0.321 e. The molecule has 0 spiro atoms. The van der Waals surface area contributed by atoms with Gasteiger partial charge in [-0.3, -0.25) is 0 Å². The van der Waals surface area contributed by atoms with Crippen LogP contribution in [0.4, 0.5) is 0 Å². The Morgan fingerprint density at radius 3 is 2.47 bits per heavy atom. The first-order valence-electron chi connectivity index (χ1n) is 7.27. The molecule has 0 aliphatic heterocycles. The van der Waals surface area contributed by atoms with Crippen LogP contribution >= 0.6 is 0 Å². The van der Waals surface area contributed by atoms with Crippen LogP contribution in [0.3, 0.4) is 0 Å². The summed E-state index contributed by atoms with van der Waals surface area (Å²) in [5.41, 5.74) is 8.34. The summed E-state index contributed by atoms with van der Waals surface area (Å²) >= 11 is 0. The Morgan fingerprint density at radius 1 is 0.947 bits per heavy atom. The van der Waals surface area contributed by atoms with Gasteiger partial charge in [-0.25, -0.2) is 0 Å². The van der Waals surface area contributed by atoms with Gasteiger partial charge in [0.25, 0.3) is 0 Å². The van der Waals surface area contributed by atoms with E-state index in [4.69, 9.17) is 5.73 Å². The fourth-order valence-corrected chi connectivity index (χ4v) is 3.80. The van der Waals surface area contributed by atoms with E-state index in [-0.39, 0.29) is 5.54 Å². The van der Waals surface area contributed by atoms with E-state index in [1.165, 1.54) is 29.2 Å². The molecule has 2 N–H and O–H groups in total. The molecule has 2 aromatic rings. The second-order valence-electron chi connectivity index (χ2n) is 6.88. The Morgan fingerprint density at radius 2 is 1.68 bits per heavy atom. The van der Waals surface area contributed by atoms with Gasteiger partial charge in [-0.2, -0.15) is 0 Å². The second kappa shape index (κ2) is 4.35. The quantitative estimate of drug-likeness (QED) is 0.790. The number of hydrogen-bond acceptors (Lipinski definition) is 1. The SMILES string of the molecule is CC1(C)CCCC(N)(c2cccc3ccccc23)C1. The molecule has 2 aromatic carbocycles. The molecule has 1 aliphatic carbocycles. The molecule has 1 atom stereocenters. The molecule has 1 saturated carbocycles. The summed E-state index contributed by atoms with van der Waals surface area (Å²) in [6.07, 6.45) is 4.70. The maximum Gasteiger partial charge on any atom is 0.0420 e. The van der Waals surface area contributed by atoms with Crippen molar-refractivity contribution in [3.63, 3.8) is 0 Å². The van der Waals surface area contributed by atoms with Crippen molar-refractivity contribution in [1.29, 1.82) is 0 Å². The third-order valence-corrected chi connectivity index (χ3v) is 4.60. The van der Waals surface area contributed by atoms with Crippen LogP contribution in [0, 0.1) is 5.41 Å². The molecule has 3 rings (SSSR count). The molecule has 0 saturated heterocycles. The Bertz CT molecular complexity index is 594. The lowest BCUT2D eigenvalue weighted by Crippen LogP contribution is -2.44. The van der Waals surface area contributed by atoms with Gasteiger partial charge in [-0.15, -0.1) is 0 Å². The van der Waals surface area contributed by atoms with Crippen molar-refractivity contribution < 1.29 is 0 Å². The Balaban J connectivity index is 2.13. The monoisotopic (exact) mass is 253 g/mol. The normalized spacial score (nSPS) is 26.5. The first kappa shape index (κ1) is 12.7. The highest BCUT2D eigenvalue weighted by Gasteiger charge is 2.38. The molecular formula is C18H23N. The third kappa shape index (κ3) is 2.28. The molecule has 1 heteroatoms. The molecule has 0 amide bonds. The fourth-order valence-electron chi connectivity index (χ4n) is 3.80. The van der Waals surface area contributed by atoms with Crippen molar-refractivity contribution >= 4 is 10.8 Å². The molecule has 19 heavy (non-hydrogen) atoms. The minimum atomic E-state index is -0.164. The lowest BCUT2D eigenvalue weighted by molar-refractivity contribution is 0.152. The average Bonchev–Trinajstić information content (AvgIpc) is 2.36. The number of benzene rings is 2. The van der Waals surface area contributed by atoms with Gasteiger partial charge >= 0.3 is 0 Å². The van der Waals surface area contributed by atoms with E-state index in [9.17, 15) is 0 Å². The topological polar surface area (TPSA) is 26.0 Å². The van der Waals surface area contributed by atoms with E-state index in [0.717, 1.165) is 12.8 Å². The molecule has 0 aromatic heterocycles. The van der Waals surface area contributed by atoms with Crippen molar-refractivity contribution in [3.8, 4) is 0 Å². The minimum absolute atomic E-state index is 0.164. The molecule has 0 radical (unpaired) electrons. The van der Waals surface area contributed by atoms with Crippen LogP contribution < -0.4 is 5.73 Å². The lowest BCUT2D eigenvalue weighted by atomic mass is 9.65. The van der Waals surface area contributed by atoms with Gasteiger partial charge in [0, 0.05) is 5.54 Å². The summed E-state index contributed by atoms with van der Waals surface area (Å²) in [6, 6.07) is 15.1. The van der Waals surface area contributed by atoms with Crippen LogP contribution in [-0.4, -0.2) is 0 Å². The zero-order chi connectivity index (χ0) is 13.5. The zero-order valence-corrected chi connectivity index (χ0v) is 11.9. The van der Waals surface area contributed by atoms with Crippen molar-refractivity contribution in [1.82, 2.24) is 0 Å². The van der Waals surface area contributed by atoms with E-state index in [2.05, 4.69) is 56.3 Å². The summed E-state index contributed by atoms with van der Waals surface area (Å²) in [7, 11) is 0. The summed E-state index contributed by atoms with van der Waals surface area (Å²) < 4.78 is 0.